The van der Waals surface area contributed by atoms with Gasteiger partial charge in [-0.3, -0.25) is 14.4 Å². The number of unbranched alkanes of at least 4 members (excludes halogenated alkanes) is 4. The Kier molecular flexibility index (Phi) is 11.1. The van der Waals surface area contributed by atoms with E-state index in [-0.39, 0.29) is 28.7 Å². The fourth-order valence-electron chi connectivity index (χ4n) is 4.94. The molecule has 0 radical (unpaired) electrons. The van der Waals surface area contributed by atoms with E-state index >= 15 is 0 Å². The zero-order valence-electron chi connectivity index (χ0n) is 24.6. The molecule has 0 aliphatic heterocycles. The summed E-state index contributed by atoms with van der Waals surface area (Å²) in [5.41, 5.74) is 5.67. The number of halogens is 3. The Labute approximate surface area is 262 Å². The summed E-state index contributed by atoms with van der Waals surface area (Å²) in [7, 11) is 1.44. The van der Waals surface area contributed by atoms with E-state index in [2.05, 4.69) is 15.9 Å². The van der Waals surface area contributed by atoms with E-state index in [4.69, 9.17) is 15.2 Å². The molecule has 2 amide bonds. The van der Waals surface area contributed by atoms with Crippen molar-refractivity contribution in [2.45, 2.75) is 39.0 Å². The summed E-state index contributed by atoms with van der Waals surface area (Å²) in [4.78, 5) is 40.9. The van der Waals surface area contributed by atoms with E-state index in [0.717, 1.165) is 54.5 Å². The Morgan fingerprint density at radius 1 is 0.932 bits per heavy atom. The molecule has 1 heterocycles. The summed E-state index contributed by atoms with van der Waals surface area (Å²) in [6.45, 7) is 2.15. The number of fused-ring (bicyclic) bond motifs is 1. The molecular formula is C33H34BrF2N3O5. The molecule has 11 heteroatoms. The summed E-state index contributed by atoms with van der Waals surface area (Å²) in [5.74, 6) is -2.32. The van der Waals surface area contributed by atoms with Gasteiger partial charge in [0.25, 0.3) is 5.91 Å². The minimum atomic E-state index is -0.857. The molecule has 8 nitrogen and oxygen atoms in total. The zero-order chi connectivity index (χ0) is 31.8. The molecule has 2 N–H and O–H groups in total. The van der Waals surface area contributed by atoms with Gasteiger partial charge in [-0.25, -0.2) is 8.78 Å². The van der Waals surface area contributed by atoms with Gasteiger partial charge in [-0.05, 0) is 56.2 Å². The first-order valence-electron chi connectivity index (χ1n) is 14.3. The normalized spacial score (nSPS) is 11.0. The van der Waals surface area contributed by atoms with Crippen molar-refractivity contribution < 1.29 is 27.8 Å². The summed E-state index contributed by atoms with van der Waals surface area (Å²) >= 11 is 3.44. The second-order valence-corrected chi connectivity index (χ2v) is 11.0. The number of aromatic nitrogens is 1. The van der Waals surface area contributed by atoms with Crippen LogP contribution in [0.2, 0.25) is 0 Å². The van der Waals surface area contributed by atoms with Gasteiger partial charge in [0.05, 0.1) is 24.9 Å². The van der Waals surface area contributed by atoms with Crippen molar-refractivity contribution in [3.05, 3.63) is 93.8 Å². The van der Waals surface area contributed by atoms with Crippen LogP contribution < -0.4 is 25.5 Å². The highest BCUT2D eigenvalue weighted by Gasteiger charge is 2.24. The molecule has 3 aromatic carbocycles. The standard InChI is InChI=1S/C33H34BrF2N3O5/c1-3-38(25-16-22(35)15-23(36)17-25)33(42)29-20-39(24-13-21(32(37)41)14-27(18-24)43-2)30-19-26(9-10-28(30)31(29)40)44-12-8-6-4-5-7-11-34/h9-10,13-20H,3-8,11-12H2,1-2H3,(H2,37,41). The number of rotatable bonds is 14. The van der Waals surface area contributed by atoms with Gasteiger partial charge in [0.1, 0.15) is 28.7 Å². The second-order valence-electron chi connectivity index (χ2n) is 10.2. The van der Waals surface area contributed by atoms with Crippen LogP contribution in [0.4, 0.5) is 14.5 Å². The molecule has 1 aromatic heterocycles. The Hall–Kier alpha value is -4.25. The zero-order valence-corrected chi connectivity index (χ0v) is 26.2. The average molecular weight is 671 g/mol. The summed E-state index contributed by atoms with van der Waals surface area (Å²) in [6, 6.07) is 12.3. The van der Waals surface area contributed by atoms with E-state index in [1.54, 1.807) is 35.8 Å². The predicted molar refractivity (Wildman–Crippen MR) is 171 cm³/mol. The third-order valence-corrected chi connectivity index (χ3v) is 7.72. The first-order chi connectivity index (χ1) is 21.2. The number of carbonyl (C=O) groups excluding carboxylic acids is 2. The van der Waals surface area contributed by atoms with Crippen LogP contribution in [0.1, 0.15) is 59.7 Å². The molecule has 0 unspecified atom stereocenters. The maximum absolute atomic E-state index is 14.0. The van der Waals surface area contributed by atoms with Crippen molar-refractivity contribution in [3.63, 3.8) is 0 Å². The maximum atomic E-state index is 14.0. The molecule has 0 saturated heterocycles. The number of alkyl halides is 1. The van der Waals surface area contributed by atoms with Crippen molar-refractivity contribution in [3.8, 4) is 17.2 Å². The predicted octanol–water partition coefficient (Wildman–Crippen LogP) is 6.77. The Bertz CT molecular complexity index is 1710. The molecule has 0 bridgehead atoms. The molecular weight excluding hydrogens is 636 g/mol. The monoisotopic (exact) mass is 669 g/mol. The van der Waals surface area contributed by atoms with Crippen LogP contribution in [0.25, 0.3) is 16.6 Å². The van der Waals surface area contributed by atoms with Crippen LogP contribution >= 0.6 is 15.9 Å². The molecule has 44 heavy (non-hydrogen) atoms. The van der Waals surface area contributed by atoms with Gasteiger partial charge < -0.3 is 24.7 Å². The van der Waals surface area contributed by atoms with E-state index in [0.29, 0.717) is 35.4 Å². The quantitative estimate of drug-likeness (QED) is 0.118. The lowest BCUT2D eigenvalue weighted by molar-refractivity contribution is 0.0982. The smallest absolute Gasteiger partial charge is 0.263 e. The maximum Gasteiger partial charge on any atom is 0.263 e. The lowest BCUT2D eigenvalue weighted by Gasteiger charge is -2.22. The summed E-state index contributed by atoms with van der Waals surface area (Å²) in [5, 5.41) is 1.19. The number of nitrogens with two attached hydrogens (primary N) is 1. The van der Waals surface area contributed by atoms with E-state index in [1.807, 2.05) is 0 Å². The van der Waals surface area contributed by atoms with Crippen LogP contribution in [-0.4, -0.2) is 42.0 Å². The van der Waals surface area contributed by atoms with Crippen LogP contribution in [0.3, 0.4) is 0 Å². The molecule has 0 aliphatic rings. The number of hydrogen-bond acceptors (Lipinski definition) is 5. The molecule has 0 spiro atoms. The number of anilines is 1. The topological polar surface area (TPSA) is 104 Å². The Morgan fingerprint density at radius 2 is 1.64 bits per heavy atom. The third kappa shape index (κ3) is 7.63. The number of hydrogen-bond donors (Lipinski definition) is 1. The van der Waals surface area contributed by atoms with Gasteiger partial charge in [-0.2, -0.15) is 0 Å². The van der Waals surface area contributed by atoms with Crippen molar-refractivity contribution in [1.29, 1.82) is 0 Å². The first-order valence-corrected chi connectivity index (χ1v) is 15.4. The summed E-state index contributed by atoms with van der Waals surface area (Å²) < 4.78 is 41.1. The fraction of sp³-hybridized carbons (Fsp3) is 0.303. The van der Waals surface area contributed by atoms with Crippen molar-refractivity contribution in [2.24, 2.45) is 5.73 Å². The molecule has 4 aromatic rings. The molecule has 0 aliphatic carbocycles. The summed E-state index contributed by atoms with van der Waals surface area (Å²) in [6.07, 6.45) is 6.62. The van der Waals surface area contributed by atoms with Crippen molar-refractivity contribution in [2.75, 3.05) is 30.5 Å². The number of methoxy groups -OCH3 is 1. The number of carbonyl (C=O) groups is 2. The number of amides is 2. The lowest BCUT2D eigenvalue weighted by atomic mass is 10.1. The average Bonchev–Trinajstić information content (AvgIpc) is 3.00. The number of benzene rings is 3. The van der Waals surface area contributed by atoms with Gasteiger partial charge in [0, 0.05) is 52.9 Å². The lowest BCUT2D eigenvalue weighted by Crippen LogP contribution is -2.35. The Morgan fingerprint density at radius 3 is 2.30 bits per heavy atom. The number of primary amides is 1. The van der Waals surface area contributed by atoms with Gasteiger partial charge in [-0.1, -0.05) is 35.2 Å². The minimum Gasteiger partial charge on any atom is -0.497 e. The molecule has 232 valence electrons. The highest BCUT2D eigenvalue weighted by Crippen LogP contribution is 2.28. The highest BCUT2D eigenvalue weighted by molar-refractivity contribution is 9.09. The van der Waals surface area contributed by atoms with Crippen LogP contribution in [-0.2, 0) is 0 Å². The van der Waals surface area contributed by atoms with Crippen LogP contribution in [0.5, 0.6) is 11.5 Å². The number of nitrogens with zero attached hydrogens (tertiary/aromatic N) is 2. The van der Waals surface area contributed by atoms with Crippen LogP contribution in [0, 0.1) is 11.6 Å². The molecule has 4 rings (SSSR count). The molecule has 0 fully saturated rings. The molecule has 0 atom stereocenters. The first kappa shape index (κ1) is 32.7. The second kappa shape index (κ2) is 15.0. The highest BCUT2D eigenvalue weighted by atomic mass is 79.9. The minimum absolute atomic E-state index is 0.0330. The third-order valence-electron chi connectivity index (χ3n) is 7.16. The van der Waals surface area contributed by atoms with Gasteiger partial charge in [0.15, 0.2) is 0 Å². The van der Waals surface area contributed by atoms with E-state index in [1.165, 1.54) is 25.4 Å². The largest absolute Gasteiger partial charge is 0.497 e. The molecule has 0 saturated carbocycles. The SMILES string of the molecule is CCN(C(=O)c1cn(-c2cc(OC)cc(C(N)=O)c2)c2cc(OCCCCCCCBr)ccc2c1=O)c1cc(F)cc(F)c1. The van der Waals surface area contributed by atoms with Gasteiger partial charge >= 0.3 is 0 Å². The fourth-order valence-corrected chi connectivity index (χ4v) is 5.34. The van der Waals surface area contributed by atoms with E-state index in [9.17, 15) is 23.2 Å². The number of pyridine rings is 1. The van der Waals surface area contributed by atoms with E-state index < -0.39 is 28.9 Å². The van der Waals surface area contributed by atoms with Crippen molar-refractivity contribution >= 4 is 44.3 Å². The van der Waals surface area contributed by atoms with Crippen molar-refractivity contribution in [1.82, 2.24) is 4.57 Å². The number of ether oxygens (including phenoxy) is 2. The Balaban J connectivity index is 1.83. The van der Waals surface area contributed by atoms with Gasteiger partial charge in [-0.15, -0.1) is 0 Å². The van der Waals surface area contributed by atoms with Crippen LogP contribution in [0.15, 0.2) is 65.6 Å². The van der Waals surface area contributed by atoms with Gasteiger partial charge in [0.2, 0.25) is 11.3 Å².